The summed E-state index contributed by atoms with van der Waals surface area (Å²) in [6.07, 6.45) is 0.540. The maximum atomic E-state index is 12.0. The van der Waals surface area contributed by atoms with Crippen LogP contribution in [0.15, 0.2) is 24.3 Å². The van der Waals surface area contributed by atoms with Crippen LogP contribution < -0.4 is 21.1 Å². The first-order valence-electron chi connectivity index (χ1n) is 8.07. The molecule has 25 heavy (non-hydrogen) atoms. The Balaban J connectivity index is 2.58. The summed E-state index contributed by atoms with van der Waals surface area (Å²) in [6.45, 7) is 3.99. The van der Waals surface area contributed by atoms with E-state index in [2.05, 4.69) is 10.6 Å². The lowest BCUT2D eigenvalue weighted by Crippen LogP contribution is -2.36. The van der Waals surface area contributed by atoms with E-state index in [1.54, 1.807) is 24.3 Å². The first-order chi connectivity index (χ1) is 11.8. The average molecular weight is 351 g/mol. The van der Waals surface area contributed by atoms with Gasteiger partial charge in [-0.15, -0.1) is 0 Å². The highest BCUT2D eigenvalue weighted by Gasteiger charge is 2.20. The molecular formula is C17H25N3O5. The Hall–Kier alpha value is -2.77. The minimum Gasteiger partial charge on any atom is -0.491 e. The second-order valence-electron chi connectivity index (χ2n) is 6.06. The lowest BCUT2D eigenvalue weighted by molar-refractivity contribution is -0.142. The molecule has 1 unspecified atom stereocenters. The monoisotopic (exact) mass is 351 g/mol. The van der Waals surface area contributed by atoms with Crippen LogP contribution in [-0.4, -0.2) is 36.2 Å². The van der Waals surface area contributed by atoms with E-state index in [1.807, 2.05) is 13.8 Å². The second kappa shape index (κ2) is 10.2. The molecule has 3 amide bonds. The van der Waals surface area contributed by atoms with E-state index in [1.165, 1.54) is 0 Å². The molecule has 1 aromatic rings. The molecule has 5 N–H and O–H groups in total. The Bertz CT molecular complexity index is 604. The van der Waals surface area contributed by atoms with Gasteiger partial charge in [-0.25, -0.2) is 4.79 Å². The number of carbonyl (C=O) groups is 3. The van der Waals surface area contributed by atoms with Crippen molar-refractivity contribution in [2.75, 3.05) is 18.5 Å². The molecule has 0 heterocycles. The molecule has 0 saturated carbocycles. The topological polar surface area (TPSA) is 131 Å². The number of amides is 3. The van der Waals surface area contributed by atoms with Crippen molar-refractivity contribution in [3.05, 3.63) is 24.3 Å². The van der Waals surface area contributed by atoms with Crippen molar-refractivity contribution in [1.29, 1.82) is 0 Å². The molecule has 0 aliphatic heterocycles. The van der Waals surface area contributed by atoms with Gasteiger partial charge in [0.2, 0.25) is 5.91 Å². The van der Waals surface area contributed by atoms with E-state index in [9.17, 15) is 19.5 Å². The number of carbonyl (C=O) groups excluding carboxylic acids is 2. The minimum atomic E-state index is -0.941. The molecule has 0 bridgehead atoms. The summed E-state index contributed by atoms with van der Waals surface area (Å²) < 4.78 is 5.43. The zero-order valence-corrected chi connectivity index (χ0v) is 14.5. The third kappa shape index (κ3) is 8.05. The number of carboxylic acid groups (broad SMARTS) is 1. The van der Waals surface area contributed by atoms with E-state index >= 15 is 0 Å². The molecule has 0 fully saturated rings. The number of rotatable bonds is 10. The normalized spacial score (nSPS) is 11.6. The van der Waals surface area contributed by atoms with Crippen LogP contribution in [0.3, 0.4) is 0 Å². The molecule has 0 spiro atoms. The Morgan fingerprint density at radius 2 is 1.92 bits per heavy atom. The molecule has 1 rings (SSSR count). The van der Waals surface area contributed by atoms with E-state index in [4.69, 9.17) is 10.5 Å². The number of hydrogen-bond acceptors (Lipinski definition) is 4. The van der Waals surface area contributed by atoms with Crippen LogP contribution in [0.4, 0.5) is 10.5 Å². The molecule has 138 valence electrons. The van der Waals surface area contributed by atoms with Crippen LogP contribution in [0.1, 0.15) is 26.7 Å². The molecular weight excluding hydrogens is 326 g/mol. The van der Waals surface area contributed by atoms with Crippen LogP contribution in [-0.2, 0) is 9.59 Å². The highest BCUT2D eigenvalue weighted by molar-refractivity contribution is 5.91. The van der Waals surface area contributed by atoms with Gasteiger partial charge < -0.3 is 26.2 Å². The number of carboxylic acids is 1. The van der Waals surface area contributed by atoms with Gasteiger partial charge in [-0.3, -0.25) is 9.59 Å². The van der Waals surface area contributed by atoms with E-state index in [0.717, 1.165) is 0 Å². The Labute approximate surface area is 146 Å². The quantitative estimate of drug-likeness (QED) is 0.510. The van der Waals surface area contributed by atoms with Gasteiger partial charge in [0.15, 0.2) is 0 Å². The van der Waals surface area contributed by atoms with Gasteiger partial charge in [0, 0.05) is 6.54 Å². The molecule has 1 atom stereocenters. The van der Waals surface area contributed by atoms with Crippen LogP contribution in [0, 0.1) is 11.8 Å². The molecule has 8 heteroatoms. The van der Waals surface area contributed by atoms with Crippen molar-refractivity contribution in [2.24, 2.45) is 17.6 Å². The summed E-state index contributed by atoms with van der Waals surface area (Å²) in [5.74, 6) is -1.45. The summed E-state index contributed by atoms with van der Waals surface area (Å²) in [6, 6.07) is 6.21. The second-order valence-corrected chi connectivity index (χ2v) is 6.06. The zero-order valence-electron chi connectivity index (χ0n) is 14.5. The Morgan fingerprint density at radius 3 is 2.52 bits per heavy atom. The number of aliphatic carboxylic acids is 1. The smallest absolute Gasteiger partial charge is 0.319 e. The van der Waals surface area contributed by atoms with Crippen molar-refractivity contribution in [2.45, 2.75) is 26.7 Å². The third-order valence-electron chi connectivity index (χ3n) is 3.36. The SMILES string of the molecule is CC(C)CC(CNC(=O)Nc1ccccc1OCCC(N)=O)C(=O)O. The van der Waals surface area contributed by atoms with Crippen LogP contribution in [0.25, 0.3) is 0 Å². The number of urea groups is 1. The van der Waals surface area contributed by atoms with Crippen molar-refractivity contribution in [3.63, 3.8) is 0 Å². The van der Waals surface area contributed by atoms with E-state index < -0.39 is 23.8 Å². The largest absolute Gasteiger partial charge is 0.491 e. The van der Waals surface area contributed by atoms with E-state index in [-0.39, 0.29) is 25.5 Å². The van der Waals surface area contributed by atoms with Crippen molar-refractivity contribution in [1.82, 2.24) is 5.32 Å². The van der Waals surface area contributed by atoms with Crippen molar-refractivity contribution < 1.29 is 24.2 Å². The number of nitrogens with one attached hydrogen (secondary N) is 2. The minimum absolute atomic E-state index is 0.0318. The fourth-order valence-electron chi connectivity index (χ4n) is 2.18. The molecule has 0 saturated heterocycles. The first kappa shape index (κ1) is 20.3. The Kier molecular flexibility index (Phi) is 8.25. The predicted octanol–water partition coefficient (Wildman–Crippen LogP) is 1.81. The van der Waals surface area contributed by atoms with Crippen LogP contribution in [0.2, 0.25) is 0 Å². The van der Waals surface area contributed by atoms with Gasteiger partial charge in [-0.1, -0.05) is 26.0 Å². The number of anilines is 1. The van der Waals surface area contributed by atoms with Gasteiger partial charge in [0.05, 0.1) is 24.6 Å². The standard InChI is InChI=1S/C17H25N3O5/c1-11(2)9-12(16(22)23)10-19-17(24)20-13-5-3-4-6-14(13)25-8-7-15(18)21/h3-6,11-12H,7-10H2,1-2H3,(H2,18,21)(H,22,23)(H2,19,20,24). The average Bonchev–Trinajstić information content (AvgIpc) is 2.52. The summed E-state index contributed by atoms with van der Waals surface area (Å²) in [5, 5.41) is 14.4. The number of hydrogen-bond donors (Lipinski definition) is 4. The Morgan fingerprint density at radius 1 is 1.24 bits per heavy atom. The molecule has 0 aliphatic rings. The fourth-order valence-corrected chi connectivity index (χ4v) is 2.18. The van der Waals surface area contributed by atoms with Gasteiger partial charge in [-0.2, -0.15) is 0 Å². The van der Waals surface area contributed by atoms with Gasteiger partial charge in [0.1, 0.15) is 5.75 Å². The van der Waals surface area contributed by atoms with Crippen molar-refractivity contribution >= 4 is 23.6 Å². The maximum Gasteiger partial charge on any atom is 0.319 e. The highest BCUT2D eigenvalue weighted by atomic mass is 16.5. The van der Waals surface area contributed by atoms with Crippen LogP contribution >= 0.6 is 0 Å². The molecule has 0 radical (unpaired) electrons. The first-order valence-corrected chi connectivity index (χ1v) is 8.07. The van der Waals surface area contributed by atoms with E-state index in [0.29, 0.717) is 17.9 Å². The maximum absolute atomic E-state index is 12.0. The molecule has 0 aliphatic carbocycles. The number of primary amides is 1. The summed E-state index contributed by atoms with van der Waals surface area (Å²) in [5.41, 5.74) is 5.47. The number of ether oxygens (including phenoxy) is 1. The number of benzene rings is 1. The van der Waals surface area contributed by atoms with Gasteiger partial charge in [0.25, 0.3) is 0 Å². The lowest BCUT2D eigenvalue weighted by Gasteiger charge is -2.16. The lowest BCUT2D eigenvalue weighted by atomic mass is 9.97. The fraction of sp³-hybridized carbons (Fsp3) is 0.471. The van der Waals surface area contributed by atoms with Gasteiger partial charge >= 0.3 is 12.0 Å². The van der Waals surface area contributed by atoms with Crippen molar-refractivity contribution in [3.8, 4) is 5.75 Å². The number of nitrogens with two attached hydrogens (primary N) is 1. The summed E-state index contributed by atoms with van der Waals surface area (Å²) >= 11 is 0. The zero-order chi connectivity index (χ0) is 18.8. The molecule has 1 aromatic carbocycles. The summed E-state index contributed by atoms with van der Waals surface area (Å²) in [7, 11) is 0. The predicted molar refractivity (Wildman–Crippen MR) is 93.4 cm³/mol. The molecule has 8 nitrogen and oxygen atoms in total. The van der Waals surface area contributed by atoms with Crippen LogP contribution in [0.5, 0.6) is 5.75 Å². The third-order valence-corrected chi connectivity index (χ3v) is 3.36. The highest BCUT2D eigenvalue weighted by Crippen LogP contribution is 2.23. The number of para-hydroxylation sites is 2. The van der Waals surface area contributed by atoms with Gasteiger partial charge in [-0.05, 0) is 24.5 Å². The summed E-state index contributed by atoms with van der Waals surface area (Å²) in [4.78, 5) is 34.0. The molecule has 0 aromatic heterocycles.